The zero-order valence-corrected chi connectivity index (χ0v) is 9.61. The highest BCUT2D eigenvalue weighted by Crippen LogP contribution is 2.37. The molecule has 1 aromatic carbocycles. The molecule has 3 heteroatoms. The van der Waals surface area contributed by atoms with E-state index in [4.69, 9.17) is 5.73 Å². The third kappa shape index (κ3) is 1.61. The lowest BCUT2D eigenvalue weighted by atomic mass is 10.0. The fourth-order valence-corrected chi connectivity index (χ4v) is 2.31. The van der Waals surface area contributed by atoms with Gasteiger partial charge in [0.05, 0.1) is 11.7 Å². The zero-order chi connectivity index (χ0) is 11.2. The van der Waals surface area contributed by atoms with Gasteiger partial charge in [0.1, 0.15) is 0 Å². The third-order valence-corrected chi connectivity index (χ3v) is 3.63. The molecule has 1 saturated carbocycles. The Labute approximate surface area is 95.2 Å². The topological polar surface area (TPSA) is 43.8 Å². The van der Waals surface area contributed by atoms with Crippen molar-refractivity contribution in [1.29, 1.82) is 0 Å². The molecule has 84 valence electrons. The maximum Gasteiger partial charge on any atom is 0.0711 e. The fraction of sp³-hybridized carbons (Fsp3) is 0.462. The molecule has 1 aromatic heterocycles. The predicted molar refractivity (Wildman–Crippen MR) is 65.2 cm³/mol. The first-order chi connectivity index (χ1) is 7.68. The standard InChI is InChI=1S/C13H17N3/c1-16-12-10(5-6-13(14)7-8-13)3-2-4-11(12)9-15-16/h2-4,9H,5-8,14H2,1H3. The second-order valence-electron chi connectivity index (χ2n) is 4.99. The van der Waals surface area contributed by atoms with Crippen LogP contribution in [-0.2, 0) is 13.5 Å². The average molecular weight is 215 g/mol. The molecule has 16 heavy (non-hydrogen) atoms. The van der Waals surface area contributed by atoms with E-state index in [0.29, 0.717) is 0 Å². The lowest BCUT2D eigenvalue weighted by Crippen LogP contribution is -2.22. The van der Waals surface area contributed by atoms with Gasteiger partial charge < -0.3 is 5.73 Å². The van der Waals surface area contributed by atoms with Gasteiger partial charge in [-0.3, -0.25) is 4.68 Å². The van der Waals surface area contributed by atoms with Crippen LogP contribution in [0.15, 0.2) is 24.4 Å². The number of fused-ring (bicyclic) bond motifs is 1. The maximum atomic E-state index is 6.13. The summed E-state index contributed by atoms with van der Waals surface area (Å²) in [5, 5.41) is 5.53. The molecule has 3 nitrogen and oxygen atoms in total. The number of hydrogen-bond acceptors (Lipinski definition) is 2. The van der Waals surface area contributed by atoms with E-state index >= 15 is 0 Å². The van der Waals surface area contributed by atoms with Gasteiger partial charge in [0.2, 0.25) is 0 Å². The van der Waals surface area contributed by atoms with E-state index in [1.807, 2.05) is 17.9 Å². The van der Waals surface area contributed by atoms with Gasteiger partial charge in [-0.05, 0) is 31.2 Å². The molecule has 0 unspecified atom stereocenters. The lowest BCUT2D eigenvalue weighted by molar-refractivity contribution is 0.609. The minimum absolute atomic E-state index is 0.140. The molecule has 0 radical (unpaired) electrons. The smallest absolute Gasteiger partial charge is 0.0711 e. The fourth-order valence-electron chi connectivity index (χ4n) is 2.31. The minimum atomic E-state index is 0.140. The lowest BCUT2D eigenvalue weighted by Gasteiger charge is -2.09. The van der Waals surface area contributed by atoms with Gasteiger partial charge in [-0.15, -0.1) is 0 Å². The second-order valence-corrected chi connectivity index (χ2v) is 4.99. The summed E-state index contributed by atoms with van der Waals surface area (Å²) in [6.07, 6.45) is 6.46. The number of para-hydroxylation sites is 1. The van der Waals surface area contributed by atoms with Crippen LogP contribution in [0.4, 0.5) is 0 Å². The summed E-state index contributed by atoms with van der Waals surface area (Å²) in [7, 11) is 2.00. The van der Waals surface area contributed by atoms with Crippen molar-refractivity contribution in [3.05, 3.63) is 30.0 Å². The molecule has 0 amide bonds. The number of aryl methyl sites for hydroxylation is 2. The molecule has 0 aliphatic heterocycles. The summed E-state index contributed by atoms with van der Waals surface area (Å²) in [5.41, 5.74) is 8.89. The number of rotatable bonds is 3. The van der Waals surface area contributed by atoms with Crippen LogP contribution in [0.3, 0.4) is 0 Å². The van der Waals surface area contributed by atoms with Crippen molar-refractivity contribution in [2.24, 2.45) is 12.8 Å². The molecule has 2 aromatic rings. The third-order valence-electron chi connectivity index (χ3n) is 3.63. The van der Waals surface area contributed by atoms with E-state index in [9.17, 15) is 0 Å². The highest BCUT2D eigenvalue weighted by Gasteiger charge is 2.37. The number of hydrogen-bond donors (Lipinski definition) is 1. The van der Waals surface area contributed by atoms with Gasteiger partial charge in [0.25, 0.3) is 0 Å². The van der Waals surface area contributed by atoms with Crippen LogP contribution in [0.25, 0.3) is 10.9 Å². The normalized spacial score (nSPS) is 17.9. The van der Waals surface area contributed by atoms with Crippen molar-refractivity contribution in [2.75, 3.05) is 0 Å². The molecule has 1 aliphatic carbocycles. The van der Waals surface area contributed by atoms with Gasteiger partial charge in [0.15, 0.2) is 0 Å². The van der Waals surface area contributed by atoms with Crippen LogP contribution in [0.5, 0.6) is 0 Å². The van der Waals surface area contributed by atoms with Crippen LogP contribution >= 0.6 is 0 Å². The molecule has 0 bridgehead atoms. The Morgan fingerprint density at radius 2 is 2.25 bits per heavy atom. The first-order valence-corrected chi connectivity index (χ1v) is 5.86. The summed E-state index contributed by atoms with van der Waals surface area (Å²) >= 11 is 0. The highest BCUT2D eigenvalue weighted by atomic mass is 15.2. The van der Waals surface area contributed by atoms with Gasteiger partial charge in [-0.25, -0.2) is 0 Å². The van der Waals surface area contributed by atoms with Crippen LogP contribution in [0.1, 0.15) is 24.8 Å². The Bertz CT molecular complexity index is 523. The quantitative estimate of drug-likeness (QED) is 0.851. The molecule has 1 heterocycles. The molecular formula is C13H17N3. The molecular weight excluding hydrogens is 198 g/mol. The SMILES string of the molecule is Cn1ncc2cccc(CCC3(N)CC3)c21. The van der Waals surface area contributed by atoms with Crippen molar-refractivity contribution in [2.45, 2.75) is 31.2 Å². The first kappa shape index (κ1) is 9.85. The van der Waals surface area contributed by atoms with Crippen molar-refractivity contribution >= 4 is 10.9 Å². The van der Waals surface area contributed by atoms with E-state index in [2.05, 4.69) is 23.3 Å². The molecule has 1 aliphatic rings. The van der Waals surface area contributed by atoms with Crippen LogP contribution in [-0.4, -0.2) is 15.3 Å². The van der Waals surface area contributed by atoms with Gasteiger partial charge in [0, 0.05) is 18.0 Å². The Balaban J connectivity index is 1.93. The summed E-state index contributed by atoms with van der Waals surface area (Å²) in [4.78, 5) is 0. The first-order valence-electron chi connectivity index (χ1n) is 5.86. The predicted octanol–water partition coefficient (Wildman–Crippen LogP) is 2.00. The van der Waals surface area contributed by atoms with Gasteiger partial charge in [-0.1, -0.05) is 18.2 Å². The molecule has 0 spiro atoms. The van der Waals surface area contributed by atoms with Crippen molar-refractivity contribution in [3.8, 4) is 0 Å². The molecule has 2 N–H and O–H groups in total. The Kier molecular flexibility index (Phi) is 2.04. The number of nitrogens with zero attached hydrogens (tertiary/aromatic N) is 2. The van der Waals surface area contributed by atoms with Crippen LogP contribution in [0, 0.1) is 0 Å². The molecule has 0 atom stereocenters. The Morgan fingerprint density at radius 3 is 3.00 bits per heavy atom. The maximum absolute atomic E-state index is 6.13. The van der Waals surface area contributed by atoms with Crippen molar-refractivity contribution in [1.82, 2.24) is 9.78 Å². The summed E-state index contributed by atoms with van der Waals surface area (Å²) < 4.78 is 1.96. The Hall–Kier alpha value is -1.35. The van der Waals surface area contributed by atoms with Crippen LogP contribution < -0.4 is 5.73 Å². The summed E-state index contributed by atoms with van der Waals surface area (Å²) in [6.45, 7) is 0. The molecule has 0 saturated heterocycles. The highest BCUT2D eigenvalue weighted by molar-refractivity contribution is 5.81. The van der Waals surface area contributed by atoms with E-state index < -0.39 is 0 Å². The van der Waals surface area contributed by atoms with E-state index in [1.54, 1.807) is 0 Å². The van der Waals surface area contributed by atoms with Gasteiger partial charge >= 0.3 is 0 Å². The monoisotopic (exact) mass is 215 g/mol. The minimum Gasteiger partial charge on any atom is -0.325 e. The van der Waals surface area contributed by atoms with E-state index in [0.717, 1.165) is 12.8 Å². The number of nitrogens with two attached hydrogens (primary N) is 1. The molecule has 1 fully saturated rings. The largest absolute Gasteiger partial charge is 0.325 e. The zero-order valence-electron chi connectivity index (χ0n) is 9.61. The number of aromatic nitrogens is 2. The van der Waals surface area contributed by atoms with E-state index in [1.165, 1.54) is 29.3 Å². The van der Waals surface area contributed by atoms with Crippen LogP contribution in [0.2, 0.25) is 0 Å². The van der Waals surface area contributed by atoms with Gasteiger partial charge in [-0.2, -0.15) is 5.10 Å². The van der Waals surface area contributed by atoms with E-state index in [-0.39, 0.29) is 5.54 Å². The number of benzene rings is 1. The summed E-state index contributed by atoms with van der Waals surface area (Å²) in [5.74, 6) is 0. The average Bonchev–Trinajstić information content (AvgIpc) is 2.90. The van der Waals surface area contributed by atoms with Crippen molar-refractivity contribution < 1.29 is 0 Å². The second kappa shape index (κ2) is 3.32. The summed E-state index contributed by atoms with van der Waals surface area (Å²) in [6, 6.07) is 6.41. The molecule has 3 rings (SSSR count). The van der Waals surface area contributed by atoms with Crippen molar-refractivity contribution in [3.63, 3.8) is 0 Å². The Morgan fingerprint density at radius 1 is 1.44 bits per heavy atom.